The molecule has 9 nitrogen and oxygen atoms in total. The number of benzene rings is 1. The zero-order chi connectivity index (χ0) is 18.2. The van der Waals surface area contributed by atoms with E-state index in [0.29, 0.717) is 0 Å². The molecule has 0 aromatic heterocycles. The van der Waals surface area contributed by atoms with Crippen molar-refractivity contribution in [3.8, 4) is 11.5 Å². The number of phenolic OH excluding ortho intramolecular Hbond substituents is 1. The van der Waals surface area contributed by atoms with Crippen LogP contribution >= 0.6 is 15.9 Å². The lowest BCUT2D eigenvalue weighted by molar-refractivity contribution is -0.385. The van der Waals surface area contributed by atoms with Gasteiger partial charge in [-0.15, -0.1) is 0 Å². The van der Waals surface area contributed by atoms with Gasteiger partial charge in [0.25, 0.3) is 11.5 Å². The number of carbonyl (C=O) groups is 2. The average molecular weight is 402 g/mol. The zero-order valence-electron chi connectivity index (χ0n) is 12.8. The lowest BCUT2D eigenvalue weighted by atomic mass is 10.1. The molecule has 1 saturated heterocycles. The fourth-order valence-corrected chi connectivity index (χ4v) is 2.54. The highest BCUT2D eigenvalue weighted by molar-refractivity contribution is 9.10. The van der Waals surface area contributed by atoms with Crippen LogP contribution in [-0.2, 0) is 19.1 Å². The number of phenols is 1. The molecule has 1 aromatic rings. The van der Waals surface area contributed by atoms with Crippen molar-refractivity contribution in [1.29, 1.82) is 0 Å². The summed E-state index contributed by atoms with van der Waals surface area (Å²) in [5.74, 6) is -4.07. The maximum absolute atomic E-state index is 12.0. The quantitative estimate of drug-likeness (QED) is 0.268. The molecule has 1 aromatic carbocycles. The van der Waals surface area contributed by atoms with Crippen molar-refractivity contribution in [1.82, 2.24) is 0 Å². The Balaban J connectivity index is 2.64. The van der Waals surface area contributed by atoms with Gasteiger partial charge in [-0.1, -0.05) is 0 Å². The number of nitrogens with zero attached hydrogens (tertiary/aromatic N) is 1. The van der Waals surface area contributed by atoms with Crippen LogP contribution in [0, 0.1) is 10.1 Å². The maximum Gasteiger partial charge on any atom is 0.348 e. The molecule has 0 unspecified atom stereocenters. The van der Waals surface area contributed by atoms with E-state index in [2.05, 4.69) is 15.9 Å². The number of cyclic esters (lactones) is 2. The summed E-state index contributed by atoms with van der Waals surface area (Å²) < 4.78 is 14.6. The topological polar surface area (TPSA) is 125 Å². The number of rotatable bonds is 3. The van der Waals surface area contributed by atoms with Crippen molar-refractivity contribution < 1.29 is 33.8 Å². The number of nitro groups is 1. The van der Waals surface area contributed by atoms with Gasteiger partial charge in [0.15, 0.2) is 11.5 Å². The number of hydrogen-bond donors (Lipinski definition) is 1. The van der Waals surface area contributed by atoms with Crippen molar-refractivity contribution >= 4 is 39.6 Å². The van der Waals surface area contributed by atoms with Crippen molar-refractivity contribution in [3.63, 3.8) is 0 Å². The summed E-state index contributed by atoms with van der Waals surface area (Å²) >= 11 is 2.98. The van der Waals surface area contributed by atoms with Gasteiger partial charge in [-0.3, -0.25) is 10.1 Å². The number of nitro benzene ring substituents is 1. The van der Waals surface area contributed by atoms with Gasteiger partial charge in [0.1, 0.15) is 10.0 Å². The van der Waals surface area contributed by atoms with Gasteiger partial charge in [-0.2, -0.15) is 0 Å². The van der Waals surface area contributed by atoms with Crippen LogP contribution in [0.3, 0.4) is 0 Å². The highest BCUT2D eigenvalue weighted by Crippen LogP contribution is 2.43. The summed E-state index contributed by atoms with van der Waals surface area (Å²) in [5, 5.41) is 21.2. The van der Waals surface area contributed by atoms with Crippen LogP contribution in [0.25, 0.3) is 6.08 Å². The third kappa shape index (κ3) is 3.18. The number of hydrogen-bond acceptors (Lipinski definition) is 8. The Hall–Kier alpha value is -2.62. The Kier molecular flexibility index (Phi) is 4.52. The summed E-state index contributed by atoms with van der Waals surface area (Å²) in [4.78, 5) is 34.3. The van der Waals surface area contributed by atoms with Crippen LogP contribution in [-0.4, -0.2) is 34.9 Å². The van der Waals surface area contributed by atoms with Gasteiger partial charge in [-0.25, -0.2) is 9.59 Å². The van der Waals surface area contributed by atoms with Gasteiger partial charge in [0.05, 0.1) is 18.1 Å². The summed E-state index contributed by atoms with van der Waals surface area (Å²) in [6.45, 7) is 2.76. The standard InChI is InChI=1S/C14H12BrNO8/c1-14(2)23-12(18)7(13(19)24-14)4-6-10(15)8(16(20)21)5-9(22-3)11(6)17/h4-5,17H,1-3H3. The number of ether oxygens (including phenoxy) is 3. The lowest BCUT2D eigenvalue weighted by Gasteiger charge is -2.29. The number of methoxy groups -OCH3 is 1. The van der Waals surface area contributed by atoms with Crippen molar-refractivity contribution in [2.24, 2.45) is 0 Å². The first-order chi connectivity index (χ1) is 11.1. The molecule has 1 heterocycles. The van der Waals surface area contributed by atoms with E-state index in [1.165, 1.54) is 21.0 Å². The minimum atomic E-state index is -1.43. The largest absolute Gasteiger partial charge is 0.504 e. The Morgan fingerprint density at radius 3 is 2.33 bits per heavy atom. The first-order valence-electron chi connectivity index (χ1n) is 6.49. The van der Waals surface area contributed by atoms with Crippen LogP contribution < -0.4 is 4.74 Å². The molecule has 0 atom stereocenters. The van der Waals surface area contributed by atoms with E-state index < -0.39 is 39.7 Å². The fraction of sp³-hybridized carbons (Fsp3) is 0.286. The van der Waals surface area contributed by atoms with Crippen LogP contribution in [0.4, 0.5) is 5.69 Å². The predicted octanol–water partition coefficient (Wildman–Crippen LogP) is 2.29. The molecule has 10 heteroatoms. The Bertz CT molecular complexity index is 761. The van der Waals surface area contributed by atoms with Crippen LogP contribution in [0.2, 0.25) is 0 Å². The van der Waals surface area contributed by atoms with Gasteiger partial charge in [-0.05, 0) is 22.0 Å². The molecule has 24 heavy (non-hydrogen) atoms. The first-order valence-corrected chi connectivity index (χ1v) is 7.29. The summed E-state index contributed by atoms with van der Waals surface area (Å²) in [6.07, 6.45) is 0.939. The minimum Gasteiger partial charge on any atom is -0.504 e. The number of esters is 2. The monoisotopic (exact) mass is 401 g/mol. The zero-order valence-corrected chi connectivity index (χ0v) is 14.4. The molecule has 0 amide bonds. The van der Waals surface area contributed by atoms with E-state index in [4.69, 9.17) is 14.2 Å². The minimum absolute atomic E-state index is 0.135. The Morgan fingerprint density at radius 1 is 1.33 bits per heavy atom. The van der Waals surface area contributed by atoms with Gasteiger partial charge < -0.3 is 19.3 Å². The molecule has 0 spiro atoms. The summed E-state index contributed by atoms with van der Waals surface area (Å²) in [5.41, 5.74) is -1.13. The molecule has 0 radical (unpaired) electrons. The second-order valence-electron chi connectivity index (χ2n) is 5.17. The highest BCUT2D eigenvalue weighted by atomic mass is 79.9. The molecule has 0 saturated carbocycles. The average Bonchev–Trinajstić information content (AvgIpc) is 2.44. The second-order valence-corrected chi connectivity index (χ2v) is 5.96. The molecular formula is C14H12BrNO8. The second kappa shape index (κ2) is 6.11. The number of aromatic hydroxyl groups is 1. The van der Waals surface area contributed by atoms with E-state index in [0.717, 1.165) is 12.1 Å². The summed E-state index contributed by atoms with van der Waals surface area (Å²) in [7, 11) is 1.20. The third-order valence-electron chi connectivity index (χ3n) is 3.04. The van der Waals surface area contributed by atoms with Gasteiger partial charge in [0, 0.05) is 19.4 Å². The van der Waals surface area contributed by atoms with E-state index in [9.17, 15) is 24.8 Å². The molecule has 1 aliphatic heterocycles. The SMILES string of the molecule is COc1cc([N+](=O)[O-])c(Br)c(C=C2C(=O)OC(C)(C)OC2=O)c1O. The van der Waals surface area contributed by atoms with E-state index in [1.807, 2.05) is 0 Å². The molecule has 0 aliphatic carbocycles. The predicted molar refractivity (Wildman–Crippen MR) is 83.3 cm³/mol. The maximum atomic E-state index is 12.0. The fourth-order valence-electron chi connectivity index (χ4n) is 1.97. The normalized spacial score (nSPS) is 16.2. The van der Waals surface area contributed by atoms with E-state index in [-0.39, 0.29) is 15.8 Å². The van der Waals surface area contributed by atoms with Crippen molar-refractivity contribution in [3.05, 3.63) is 31.8 Å². The molecular weight excluding hydrogens is 390 g/mol. The van der Waals surface area contributed by atoms with Crippen molar-refractivity contribution in [2.75, 3.05) is 7.11 Å². The molecule has 1 fully saturated rings. The van der Waals surface area contributed by atoms with Crippen LogP contribution in [0.1, 0.15) is 19.4 Å². The smallest absolute Gasteiger partial charge is 0.348 e. The van der Waals surface area contributed by atoms with Crippen molar-refractivity contribution in [2.45, 2.75) is 19.6 Å². The van der Waals surface area contributed by atoms with E-state index in [1.54, 1.807) is 0 Å². The van der Waals surface area contributed by atoms with Gasteiger partial charge >= 0.3 is 11.9 Å². The highest BCUT2D eigenvalue weighted by Gasteiger charge is 2.39. The molecule has 2 rings (SSSR count). The first kappa shape index (κ1) is 17.7. The van der Waals surface area contributed by atoms with E-state index >= 15 is 0 Å². The molecule has 1 N–H and O–H groups in total. The Labute approximate surface area is 144 Å². The number of halogens is 1. The van der Waals surface area contributed by atoms with Crippen LogP contribution in [0.5, 0.6) is 11.5 Å². The van der Waals surface area contributed by atoms with Crippen LogP contribution in [0.15, 0.2) is 16.1 Å². The molecule has 0 bridgehead atoms. The summed E-state index contributed by atoms with van der Waals surface area (Å²) in [6, 6.07) is 1.00. The van der Waals surface area contributed by atoms with Gasteiger partial charge in [0.2, 0.25) is 0 Å². The molecule has 128 valence electrons. The lowest BCUT2D eigenvalue weighted by Crippen LogP contribution is -2.41. The Morgan fingerprint density at radius 2 is 1.88 bits per heavy atom. The third-order valence-corrected chi connectivity index (χ3v) is 3.87. The molecule has 1 aliphatic rings. The number of carbonyl (C=O) groups excluding carboxylic acids is 2.